The second-order valence-corrected chi connectivity index (χ2v) is 31.3. The van der Waals surface area contributed by atoms with Gasteiger partial charge in [-0.3, -0.25) is 67.1 Å². The van der Waals surface area contributed by atoms with Crippen LogP contribution in [0, 0.1) is 83.1 Å². The first kappa shape index (κ1) is 103. The SMILES string of the molecule is C/C=C/C(=O)c1cc2occ(C)c(=O)c2cc1/C=C/C.C=C/C=C/c1oc2c(C(C)=O)cc(C)c(C)c2c(=O)c1O.C=CC(=O)c1oc2cc(C)c(C)cc2c(=O)c1O.C=CC(=O)c1oc2cc(C)cc(C)c2c(=O)c1O.C=Cc1c(C)cc2oc(C(C)=O)c(O)c(=O)c2c1C.C=Cc1c(C)cc2oc(C(C)=O)c(O)c(=O)c2c1C.CC(C)=CC(=O)c1oc2cc(C)ccc2c(=O)c1O. The minimum absolute atomic E-state index is 0.0122. The van der Waals surface area contributed by atoms with Crippen LogP contribution < -0.4 is 38.0 Å². The molecule has 0 aliphatic rings. The van der Waals surface area contributed by atoms with Crippen LogP contribution in [-0.2, 0) is 0 Å². The highest BCUT2D eigenvalue weighted by Gasteiger charge is 2.27. The van der Waals surface area contributed by atoms with E-state index in [2.05, 4.69) is 32.9 Å². The molecule has 0 bridgehead atoms. The number of fused-ring (bicyclic) bond motifs is 7. The number of benzene rings is 7. The van der Waals surface area contributed by atoms with Gasteiger partial charge in [-0.2, -0.15) is 0 Å². The van der Waals surface area contributed by atoms with E-state index in [1.54, 1.807) is 140 Å². The molecule has 0 fully saturated rings. The summed E-state index contributed by atoms with van der Waals surface area (Å²) in [5, 5.41) is 60.8. The minimum atomic E-state index is -0.671. The zero-order chi connectivity index (χ0) is 100. The maximum atomic E-state index is 12.4. The van der Waals surface area contributed by atoms with Crippen molar-refractivity contribution in [3.63, 3.8) is 0 Å². The monoisotopic (exact) mass is 1810 g/mol. The molecule has 0 atom stereocenters. The molecule has 0 saturated heterocycles. The van der Waals surface area contributed by atoms with Gasteiger partial charge < -0.3 is 61.6 Å². The summed E-state index contributed by atoms with van der Waals surface area (Å²) < 4.78 is 37.7. The first-order valence-electron chi connectivity index (χ1n) is 41.2. The third-order valence-corrected chi connectivity index (χ3v) is 21.2. The standard InChI is InChI=1S/C17H16O4.C17H16O3.3C15H14O4.2C14H12O4/c1-5-6-7-13-15(19)16(20)14-10(3)9(2)8-12(11(4)18)17(14)21-13;1-4-6-12-8-14-16(20-10-11(3)17(14)19)9-13(12)15(18)7-5-2;1-8(2)6-11(16)15-14(18)13(17)10-5-4-9(3)7-12(10)19-15;2*1-5-10-7(2)6-11-12(8(10)3)13(17)14(18)15(19-11)9(4)16;1-4-10(15)14-13(17)12(16)9-5-7(2)8(3)6-11(9)18-14;1-4-9(15)14-13(17)12(16)11-8(3)5-7(2)6-10(11)18-14/h5-8,19H,1H2,2-4H3;4-10H,1-3H3;4-7,18H,1-3H3;2*5-6,18H,1H2,2-4H3;2*4-6,17H,1H2,2-3H3/b7-6+;6-4+,7-5+;;;;;. The van der Waals surface area contributed by atoms with Crippen molar-refractivity contribution in [1.82, 2.24) is 0 Å². The molecule has 27 nitrogen and oxygen atoms in total. The number of hydrogen-bond acceptors (Lipinski definition) is 27. The molecule has 0 aliphatic carbocycles. The van der Waals surface area contributed by atoms with Crippen LogP contribution in [0.4, 0.5) is 0 Å². The van der Waals surface area contributed by atoms with Gasteiger partial charge in [0.1, 0.15) is 39.1 Å². The number of ketones is 7. The number of Topliss-reactive ketones (excluding diaryl/α,β-unsaturated/α-hetero) is 3. The van der Waals surface area contributed by atoms with Gasteiger partial charge in [-0.1, -0.05) is 93.1 Å². The van der Waals surface area contributed by atoms with Gasteiger partial charge in [-0.05, 0) is 287 Å². The largest absolute Gasteiger partial charge is 0.502 e. The molecule has 0 radical (unpaired) electrons. The Labute approximate surface area is 765 Å². The molecule has 688 valence electrons. The average molecular weight is 1820 g/mol. The zero-order valence-electron chi connectivity index (χ0n) is 77.2. The Bertz CT molecular complexity index is 7820. The lowest BCUT2D eigenvalue weighted by molar-refractivity contribution is 0.0975. The third kappa shape index (κ3) is 21.7. The van der Waals surface area contributed by atoms with E-state index in [1.807, 2.05) is 73.6 Å². The van der Waals surface area contributed by atoms with Gasteiger partial charge in [0.25, 0.3) is 0 Å². The lowest BCUT2D eigenvalue weighted by Crippen LogP contribution is -2.09. The second-order valence-electron chi connectivity index (χ2n) is 31.3. The first-order valence-corrected chi connectivity index (χ1v) is 41.2. The zero-order valence-corrected chi connectivity index (χ0v) is 77.2. The molecular formula is C107H98O27. The lowest BCUT2D eigenvalue weighted by atomic mass is 9.98. The van der Waals surface area contributed by atoms with Gasteiger partial charge in [0.05, 0.1) is 49.5 Å². The number of aromatic hydroxyl groups is 6. The van der Waals surface area contributed by atoms with E-state index >= 15 is 0 Å². The van der Waals surface area contributed by atoms with Crippen LogP contribution in [0.3, 0.4) is 0 Å². The molecule has 7 heterocycles. The Hall–Kier alpha value is -16.8. The van der Waals surface area contributed by atoms with E-state index in [0.29, 0.717) is 77.6 Å². The van der Waals surface area contributed by atoms with Gasteiger partial charge >= 0.3 is 0 Å². The van der Waals surface area contributed by atoms with E-state index in [-0.39, 0.29) is 89.7 Å². The fraction of sp³-hybridized carbons (Fsp3) is 0.178. The molecule has 0 saturated carbocycles. The Morgan fingerprint density at radius 3 is 1.27 bits per heavy atom. The Morgan fingerprint density at radius 2 is 0.784 bits per heavy atom. The van der Waals surface area contributed by atoms with Crippen LogP contribution in [0.5, 0.6) is 34.5 Å². The molecule has 0 amide bonds. The van der Waals surface area contributed by atoms with Crippen molar-refractivity contribution in [2.45, 2.75) is 132 Å². The molecular weight excluding hydrogens is 1720 g/mol. The van der Waals surface area contributed by atoms with Gasteiger partial charge in [0.15, 0.2) is 34.3 Å². The van der Waals surface area contributed by atoms with Crippen LogP contribution >= 0.6 is 0 Å². The number of hydrogen-bond donors (Lipinski definition) is 6. The third-order valence-electron chi connectivity index (χ3n) is 21.2. The minimum Gasteiger partial charge on any atom is -0.502 e. The van der Waals surface area contributed by atoms with Crippen LogP contribution in [0.25, 0.3) is 101 Å². The van der Waals surface area contributed by atoms with E-state index in [4.69, 9.17) is 30.9 Å². The van der Waals surface area contributed by atoms with Crippen molar-refractivity contribution in [3.8, 4) is 34.5 Å². The molecule has 7 aromatic carbocycles. The van der Waals surface area contributed by atoms with Crippen LogP contribution in [0.2, 0.25) is 0 Å². The van der Waals surface area contributed by atoms with E-state index in [0.717, 1.165) is 73.4 Å². The summed E-state index contributed by atoms with van der Waals surface area (Å²) in [4.78, 5) is 166. The number of carbonyl (C=O) groups is 7. The summed E-state index contributed by atoms with van der Waals surface area (Å²) in [5.41, 5.74) is 12.1. The van der Waals surface area contributed by atoms with Gasteiger partial charge in [0, 0.05) is 25.0 Å². The Balaban J connectivity index is 0.000000192. The van der Waals surface area contributed by atoms with Crippen LogP contribution in [0.15, 0.2) is 231 Å². The summed E-state index contributed by atoms with van der Waals surface area (Å²) in [6.45, 7) is 50.3. The molecule has 14 rings (SSSR count). The first-order chi connectivity index (χ1) is 63.0. The average Bonchev–Trinajstić information content (AvgIpc) is 0.640. The summed E-state index contributed by atoms with van der Waals surface area (Å²) in [6, 6.07) is 20.1. The van der Waals surface area contributed by atoms with Crippen molar-refractivity contribution in [1.29, 1.82) is 0 Å². The number of aryl methyl sites for hydroxylation is 12. The summed E-state index contributed by atoms with van der Waals surface area (Å²) in [6.07, 6.45) is 19.3. The number of allylic oxidation sites excluding steroid dienone is 9. The van der Waals surface area contributed by atoms with Gasteiger partial charge in [-0.15, -0.1) is 0 Å². The second kappa shape index (κ2) is 43.1. The Morgan fingerprint density at radius 1 is 0.343 bits per heavy atom. The molecule has 0 unspecified atom stereocenters. The van der Waals surface area contributed by atoms with Gasteiger partial charge in [-0.25, -0.2) is 0 Å². The van der Waals surface area contributed by atoms with Crippen molar-refractivity contribution < 1.29 is 95.1 Å². The number of rotatable bonds is 16. The highest BCUT2D eigenvalue weighted by atomic mass is 16.4. The van der Waals surface area contributed by atoms with E-state index in [1.165, 1.54) is 57.4 Å². The quantitative estimate of drug-likeness (QED) is 0.0297. The Kier molecular flexibility index (Phi) is 32.9. The summed E-state index contributed by atoms with van der Waals surface area (Å²) in [5.74, 6) is -8.40. The summed E-state index contributed by atoms with van der Waals surface area (Å²) in [7, 11) is 0. The van der Waals surface area contributed by atoms with Crippen molar-refractivity contribution in [2.24, 2.45) is 0 Å². The molecule has 6 N–H and O–H groups in total. The van der Waals surface area contributed by atoms with Crippen molar-refractivity contribution >= 4 is 142 Å². The van der Waals surface area contributed by atoms with Crippen LogP contribution in [-0.4, -0.2) is 71.1 Å². The van der Waals surface area contributed by atoms with E-state index < -0.39 is 96.0 Å². The van der Waals surface area contributed by atoms with Crippen molar-refractivity contribution in [2.75, 3.05) is 0 Å². The topological polar surface area (TPSA) is 452 Å². The fourth-order valence-corrected chi connectivity index (χ4v) is 14.2. The predicted molar refractivity (Wildman–Crippen MR) is 520 cm³/mol. The van der Waals surface area contributed by atoms with Crippen molar-refractivity contribution in [3.05, 3.63) is 367 Å². The molecule has 27 heteroatoms. The summed E-state index contributed by atoms with van der Waals surface area (Å²) >= 11 is 0. The lowest BCUT2D eigenvalue weighted by Gasteiger charge is -2.10. The molecule has 7 aromatic heterocycles. The van der Waals surface area contributed by atoms with Crippen LogP contribution in [0.1, 0.15) is 211 Å². The smallest absolute Gasteiger partial charge is 0.235 e. The number of carbonyl (C=O) groups excluding carboxylic acids is 7. The molecule has 0 spiro atoms. The normalized spacial score (nSPS) is 10.9. The molecule has 134 heavy (non-hydrogen) atoms. The molecule has 0 aliphatic heterocycles. The predicted octanol–water partition coefficient (Wildman–Crippen LogP) is 21.3. The molecule has 14 aromatic rings. The maximum absolute atomic E-state index is 12.4. The van der Waals surface area contributed by atoms with Gasteiger partial charge in [0.2, 0.25) is 113 Å². The fourth-order valence-electron chi connectivity index (χ4n) is 14.2. The highest BCUT2D eigenvalue weighted by molar-refractivity contribution is 6.11. The highest BCUT2D eigenvalue weighted by Crippen LogP contribution is 2.34. The van der Waals surface area contributed by atoms with E-state index in [9.17, 15) is 97.8 Å². The maximum Gasteiger partial charge on any atom is 0.235 e.